The van der Waals surface area contributed by atoms with E-state index in [9.17, 15) is 4.79 Å². The lowest BCUT2D eigenvalue weighted by molar-refractivity contribution is -0.117. The van der Waals surface area contributed by atoms with Gasteiger partial charge in [-0.2, -0.15) is 5.10 Å². The number of nitrogens with one attached hydrogen (secondary N) is 1. The minimum absolute atomic E-state index is 0.0107. The smallest absolute Gasteiger partial charge is 0.239 e. The van der Waals surface area contributed by atoms with Gasteiger partial charge < -0.3 is 5.32 Å². The average Bonchev–Trinajstić information content (AvgIpc) is 3.17. The van der Waals surface area contributed by atoms with E-state index in [0.717, 1.165) is 37.7 Å². The molecule has 1 aliphatic rings. The predicted octanol–water partition coefficient (Wildman–Crippen LogP) is 4.29. The molecule has 1 amide bonds. The van der Waals surface area contributed by atoms with Gasteiger partial charge >= 0.3 is 0 Å². The van der Waals surface area contributed by atoms with E-state index in [1.165, 1.54) is 11.1 Å². The molecular weight excluding hydrogens is 410 g/mol. The summed E-state index contributed by atoms with van der Waals surface area (Å²) < 4.78 is 1.89. The van der Waals surface area contributed by atoms with Crippen molar-refractivity contribution >= 4 is 11.7 Å². The average molecular weight is 446 g/mol. The van der Waals surface area contributed by atoms with Gasteiger partial charge in [0.25, 0.3) is 0 Å². The van der Waals surface area contributed by atoms with Crippen molar-refractivity contribution in [1.29, 1.82) is 0 Å². The number of piperazine rings is 1. The first-order chi connectivity index (χ1) is 15.8. The van der Waals surface area contributed by atoms with Gasteiger partial charge in [0.15, 0.2) is 0 Å². The Bertz CT molecular complexity index is 1010. The third kappa shape index (κ3) is 5.70. The predicted molar refractivity (Wildman–Crippen MR) is 133 cm³/mol. The number of nitrogens with zero attached hydrogens (tertiary/aromatic N) is 4. The third-order valence-corrected chi connectivity index (χ3v) is 6.10. The maximum absolute atomic E-state index is 12.8. The minimum atomic E-state index is -0.188. The van der Waals surface area contributed by atoms with Gasteiger partial charge in [-0.1, -0.05) is 60.7 Å². The molecule has 0 aliphatic carbocycles. The highest BCUT2D eigenvalue weighted by atomic mass is 16.2. The van der Waals surface area contributed by atoms with Crippen molar-refractivity contribution < 1.29 is 4.79 Å². The van der Waals surface area contributed by atoms with Crippen LogP contribution in [-0.4, -0.2) is 58.2 Å². The Hall–Kier alpha value is -2.96. The van der Waals surface area contributed by atoms with Crippen molar-refractivity contribution in [2.24, 2.45) is 0 Å². The molecule has 6 heteroatoms. The van der Waals surface area contributed by atoms with E-state index in [2.05, 4.69) is 102 Å². The topological polar surface area (TPSA) is 53.4 Å². The van der Waals surface area contributed by atoms with E-state index in [1.807, 2.05) is 17.7 Å². The highest BCUT2D eigenvalue weighted by molar-refractivity contribution is 5.91. The van der Waals surface area contributed by atoms with E-state index < -0.39 is 0 Å². The largest absolute Gasteiger partial charge is 0.310 e. The Morgan fingerprint density at radius 2 is 1.48 bits per heavy atom. The number of anilines is 1. The van der Waals surface area contributed by atoms with Crippen molar-refractivity contribution in [2.75, 3.05) is 38.0 Å². The summed E-state index contributed by atoms with van der Waals surface area (Å²) in [7, 11) is 0. The molecule has 0 unspecified atom stereocenters. The lowest BCUT2D eigenvalue weighted by Crippen LogP contribution is -2.49. The number of aryl methyl sites for hydroxylation is 1. The van der Waals surface area contributed by atoms with Crippen LogP contribution >= 0.6 is 0 Å². The van der Waals surface area contributed by atoms with Crippen LogP contribution in [0.15, 0.2) is 66.7 Å². The fourth-order valence-corrected chi connectivity index (χ4v) is 4.55. The molecule has 174 valence electrons. The molecule has 6 nitrogen and oxygen atoms in total. The Morgan fingerprint density at radius 3 is 2.00 bits per heavy atom. The quantitative estimate of drug-likeness (QED) is 0.615. The van der Waals surface area contributed by atoms with Crippen LogP contribution in [0.4, 0.5) is 5.82 Å². The Labute approximate surface area is 197 Å². The van der Waals surface area contributed by atoms with Crippen molar-refractivity contribution in [2.45, 2.75) is 39.3 Å². The minimum Gasteiger partial charge on any atom is -0.310 e. The van der Waals surface area contributed by atoms with Crippen molar-refractivity contribution in [1.82, 2.24) is 19.6 Å². The summed E-state index contributed by atoms with van der Waals surface area (Å²) in [4.78, 5) is 17.6. The standard InChI is InChI=1S/C27H35N5O/c1-21-19-24(32(29-21)27(2,3)4)28-25(33)20-30-15-17-31(18-16-30)26(22-11-7-5-8-12-22)23-13-9-6-10-14-23/h5-14,19,26H,15-18,20H2,1-4H3,(H,28,33). The zero-order chi connectivity index (χ0) is 23.4. The van der Waals surface area contributed by atoms with E-state index in [0.29, 0.717) is 6.54 Å². The van der Waals surface area contributed by atoms with Gasteiger partial charge in [-0.25, -0.2) is 4.68 Å². The van der Waals surface area contributed by atoms with Crippen LogP contribution < -0.4 is 5.32 Å². The van der Waals surface area contributed by atoms with E-state index in [1.54, 1.807) is 0 Å². The number of hydrogen-bond acceptors (Lipinski definition) is 4. The molecule has 1 fully saturated rings. The van der Waals surface area contributed by atoms with Gasteiger partial charge in [-0.15, -0.1) is 0 Å². The summed E-state index contributed by atoms with van der Waals surface area (Å²) in [5.74, 6) is 0.772. The number of amides is 1. The maximum Gasteiger partial charge on any atom is 0.239 e. The second kappa shape index (κ2) is 9.89. The molecule has 0 spiro atoms. The Kier molecular flexibility index (Phi) is 6.96. The van der Waals surface area contributed by atoms with Crippen LogP contribution in [0.2, 0.25) is 0 Å². The fourth-order valence-electron chi connectivity index (χ4n) is 4.55. The van der Waals surface area contributed by atoms with Crippen LogP contribution in [0.1, 0.15) is 43.6 Å². The Morgan fingerprint density at radius 1 is 0.939 bits per heavy atom. The highest BCUT2D eigenvalue weighted by Crippen LogP contribution is 2.29. The van der Waals surface area contributed by atoms with Gasteiger partial charge in [0.2, 0.25) is 5.91 Å². The number of rotatable bonds is 6. The molecule has 1 aromatic heterocycles. The molecule has 0 saturated carbocycles. The molecule has 0 bridgehead atoms. The van der Waals surface area contributed by atoms with E-state index in [-0.39, 0.29) is 17.5 Å². The number of carbonyl (C=O) groups is 1. The molecule has 3 aromatic rings. The summed E-state index contributed by atoms with van der Waals surface area (Å²) in [5, 5.41) is 7.63. The first-order valence-corrected chi connectivity index (χ1v) is 11.7. The number of hydrogen-bond donors (Lipinski definition) is 1. The molecular formula is C27H35N5O. The SMILES string of the molecule is Cc1cc(NC(=O)CN2CCN(C(c3ccccc3)c3ccccc3)CC2)n(C(C)(C)C)n1. The van der Waals surface area contributed by atoms with Crippen molar-refractivity contribution in [3.8, 4) is 0 Å². The fraction of sp³-hybridized carbons (Fsp3) is 0.407. The van der Waals surface area contributed by atoms with E-state index >= 15 is 0 Å². The van der Waals surface area contributed by atoms with Crippen LogP contribution in [-0.2, 0) is 10.3 Å². The molecule has 0 radical (unpaired) electrons. The van der Waals surface area contributed by atoms with Crippen LogP contribution in [0.5, 0.6) is 0 Å². The lowest BCUT2D eigenvalue weighted by atomic mass is 9.96. The van der Waals surface area contributed by atoms with Gasteiger partial charge in [0.05, 0.1) is 23.8 Å². The number of benzene rings is 2. The monoisotopic (exact) mass is 445 g/mol. The van der Waals surface area contributed by atoms with Crippen molar-refractivity contribution in [3.63, 3.8) is 0 Å². The second-order valence-corrected chi connectivity index (χ2v) is 9.84. The highest BCUT2D eigenvalue weighted by Gasteiger charge is 2.27. The molecule has 1 N–H and O–H groups in total. The first kappa shape index (κ1) is 23.2. The zero-order valence-corrected chi connectivity index (χ0v) is 20.2. The third-order valence-electron chi connectivity index (χ3n) is 6.10. The van der Waals surface area contributed by atoms with E-state index in [4.69, 9.17) is 0 Å². The molecule has 2 heterocycles. The molecule has 33 heavy (non-hydrogen) atoms. The molecule has 4 rings (SSSR count). The normalized spacial score (nSPS) is 15.7. The summed E-state index contributed by atoms with van der Waals surface area (Å²) in [6.45, 7) is 12.2. The van der Waals surface area contributed by atoms with Crippen LogP contribution in [0.3, 0.4) is 0 Å². The summed E-state index contributed by atoms with van der Waals surface area (Å²) in [5.41, 5.74) is 3.33. The summed E-state index contributed by atoms with van der Waals surface area (Å²) >= 11 is 0. The van der Waals surface area contributed by atoms with Crippen LogP contribution in [0.25, 0.3) is 0 Å². The lowest BCUT2D eigenvalue weighted by Gasteiger charge is -2.39. The Balaban J connectivity index is 1.39. The molecule has 1 aliphatic heterocycles. The summed E-state index contributed by atoms with van der Waals surface area (Å²) in [6, 6.07) is 23.5. The van der Waals surface area contributed by atoms with Gasteiger partial charge in [-0.3, -0.25) is 14.6 Å². The number of aromatic nitrogens is 2. The van der Waals surface area contributed by atoms with Gasteiger partial charge in [-0.05, 0) is 38.8 Å². The second-order valence-electron chi connectivity index (χ2n) is 9.84. The molecule has 1 saturated heterocycles. The molecule has 0 atom stereocenters. The van der Waals surface area contributed by atoms with Gasteiger partial charge in [0.1, 0.15) is 5.82 Å². The van der Waals surface area contributed by atoms with Crippen LogP contribution in [0, 0.1) is 6.92 Å². The maximum atomic E-state index is 12.8. The number of carbonyl (C=O) groups excluding carboxylic acids is 1. The molecule has 2 aromatic carbocycles. The first-order valence-electron chi connectivity index (χ1n) is 11.7. The summed E-state index contributed by atoms with van der Waals surface area (Å²) in [6.07, 6.45) is 0. The zero-order valence-electron chi connectivity index (χ0n) is 20.2. The van der Waals surface area contributed by atoms with Gasteiger partial charge in [0, 0.05) is 32.2 Å². The van der Waals surface area contributed by atoms with Crippen molar-refractivity contribution in [3.05, 3.63) is 83.6 Å².